The summed E-state index contributed by atoms with van der Waals surface area (Å²) in [6.45, 7) is 2.44. The van der Waals surface area contributed by atoms with Crippen LogP contribution >= 0.6 is 0 Å². The highest BCUT2D eigenvalue weighted by Crippen LogP contribution is 2.32. The minimum atomic E-state index is -0.643. The van der Waals surface area contributed by atoms with Crippen molar-refractivity contribution in [2.45, 2.75) is 38.3 Å². The minimum Gasteiger partial charge on any atom is -0.508 e. The summed E-state index contributed by atoms with van der Waals surface area (Å²) in [6.07, 6.45) is 2.04. The molecule has 32 heavy (non-hydrogen) atoms. The predicted octanol–water partition coefficient (Wildman–Crippen LogP) is 1.85. The maximum Gasteiger partial charge on any atom is 0.242 e. The van der Waals surface area contributed by atoms with Crippen LogP contribution in [0.25, 0.3) is 0 Å². The lowest BCUT2D eigenvalue weighted by Gasteiger charge is -2.25. The molecular weight excluding hydrogens is 410 g/mol. The molecule has 0 saturated carbocycles. The van der Waals surface area contributed by atoms with E-state index in [0.717, 1.165) is 35.5 Å². The largest absolute Gasteiger partial charge is 0.508 e. The molecule has 172 valence electrons. The van der Waals surface area contributed by atoms with Gasteiger partial charge in [0.2, 0.25) is 18.6 Å². The maximum atomic E-state index is 12.8. The molecule has 8 heteroatoms. The molecule has 0 spiro atoms. The Hall–Kier alpha value is -3.26. The van der Waals surface area contributed by atoms with Gasteiger partial charge in [0.05, 0.1) is 6.04 Å². The smallest absolute Gasteiger partial charge is 0.242 e. The van der Waals surface area contributed by atoms with E-state index in [1.807, 2.05) is 37.2 Å². The summed E-state index contributed by atoms with van der Waals surface area (Å²) >= 11 is 0. The van der Waals surface area contributed by atoms with Crippen molar-refractivity contribution >= 4 is 11.8 Å². The molecule has 0 bridgehead atoms. The van der Waals surface area contributed by atoms with Crippen LogP contribution in [0.3, 0.4) is 0 Å². The molecule has 1 aliphatic heterocycles. The van der Waals surface area contributed by atoms with Crippen LogP contribution in [0, 0.1) is 0 Å². The summed E-state index contributed by atoms with van der Waals surface area (Å²) in [5.74, 6) is 1.26. The van der Waals surface area contributed by atoms with Crippen molar-refractivity contribution in [1.29, 1.82) is 0 Å². The van der Waals surface area contributed by atoms with Gasteiger partial charge in [-0.2, -0.15) is 0 Å². The number of amides is 2. The molecule has 3 rings (SSSR count). The molecule has 1 heterocycles. The summed E-state index contributed by atoms with van der Waals surface area (Å²) < 4.78 is 10.7. The van der Waals surface area contributed by atoms with Crippen LogP contribution in [0.5, 0.6) is 17.2 Å². The number of carbonyl (C=O) groups excluding carboxylic acids is 2. The number of nitrogens with one attached hydrogen (secondary N) is 2. The predicted molar refractivity (Wildman–Crippen MR) is 121 cm³/mol. The van der Waals surface area contributed by atoms with Crippen molar-refractivity contribution in [3.05, 3.63) is 53.6 Å². The van der Waals surface area contributed by atoms with E-state index < -0.39 is 12.1 Å². The third kappa shape index (κ3) is 6.37. The Balaban J connectivity index is 1.42. The standard InChI is InChI=1S/C24H31N3O5/c1-16(26-24(30)20(27(2)3)13-18-6-9-19(28)10-7-18)23(29)25-12-4-5-17-8-11-21-22(14-17)32-15-31-21/h6-11,14,16,20,28H,4-5,12-13,15H2,1-3H3,(H,25,29)(H,26,30)/t16-,20?/m1/s1. The molecule has 0 saturated heterocycles. The molecule has 1 unspecified atom stereocenters. The van der Waals surface area contributed by atoms with E-state index in [1.165, 1.54) is 0 Å². The molecule has 0 aromatic heterocycles. The third-order valence-corrected chi connectivity index (χ3v) is 5.42. The zero-order valence-electron chi connectivity index (χ0n) is 18.8. The summed E-state index contributed by atoms with van der Waals surface area (Å²) in [5, 5.41) is 15.1. The fourth-order valence-electron chi connectivity index (χ4n) is 3.49. The molecule has 3 N–H and O–H groups in total. The first kappa shape index (κ1) is 23.4. The van der Waals surface area contributed by atoms with Gasteiger partial charge in [-0.1, -0.05) is 18.2 Å². The second-order valence-corrected chi connectivity index (χ2v) is 8.16. The van der Waals surface area contributed by atoms with Crippen LogP contribution < -0.4 is 20.1 Å². The fraction of sp³-hybridized carbons (Fsp3) is 0.417. The van der Waals surface area contributed by atoms with Crippen molar-refractivity contribution in [2.75, 3.05) is 27.4 Å². The first-order chi connectivity index (χ1) is 15.3. The number of benzene rings is 2. The van der Waals surface area contributed by atoms with Gasteiger partial charge in [0, 0.05) is 6.54 Å². The van der Waals surface area contributed by atoms with Crippen molar-refractivity contribution in [1.82, 2.24) is 15.5 Å². The van der Waals surface area contributed by atoms with E-state index in [4.69, 9.17) is 9.47 Å². The van der Waals surface area contributed by atoms with Crippen LogP contribution in [-0.2, 0) is 22.4 Å². The Morgan fingerprint density at radius 2 is 1.72 bits per heavy atom. The van der Waals surface area contributed by atoms with Crippen molar-refractivity contribution in [3.8, 4) is 17.2 Å². The lowest BCUT2D eigenvalue weighted by molar-refractivity contribution is -0.131. The second-order valence-electron chi connectivity index (χ2n) is 8.16. The topological polar surface area (TPSA) is 100 Å². The Morgan fingerprint density at radius 3 is 2.44 bits per heavy atom. The minimum absolute atomic E-state index is 0.184. The Bertz CT molecular complexity index is 930. The number of nitrogens with zero attached hydrogens (tertiary/aromatic N) is 1. The van der Waals surface area contributed by atoms with Gasteiger partial charge in [0.1, 0.15) is 11.8 Å². The van der Waals surface area contributed by atoms with Gasteiger partial charge in [-0.25, -0.2) is 0 Å². The van der Waals surface area contributed by atoms with E-state index in [-0.39, 0.29) is 24.4 Å². The van der Waals surface area contributed by atoms with E-state index in [2.05, 4.69) is 10.6 Å². The molecule has 0 fully saturated rings. The summed E-state index contributed by atoms with van der Waals surface area (Å²) in [5.41, 5.74) is 2.05. The molecule has 2 aromatic carbocycles. The normalized spacial score (nSPS) is 14.1. The van der Waals surface area contributed by atoms with Gasteiger partial charge in [0.15, 0.2) is 11.5 Å². The Labute approximate surface area is 188 Å². The average molecular weight is 442 g/mol. The summed E-state index contributed by atoms with van der Waals surface area (Å²) in [4.78, 5) is 27.0. The average Bonchev–Trinajstić information content (AvgIpc) is 3.23. The van der Waals surface area contributed by atoms with Crippen LogP contribution in [0.4, 0.5) is 0 Å². The van der Waals surface area contributed by atoms with E-state index in [0.29, 0.717) is 13.0 Å². The van der Waals surface area contributed by atoms with Crippen LogP contribution in [-0.4, -0.2) is 61.3 Å². The number of carbonyl (C=O) groups is 2. The van der Waals surface area contributed by atoms with Crippen molar-refractivity contribution in [2.24, 2.45) is 0 Å². The van der Waals surface area contributed by atoms with Gasteiger partial charge >= 0.3 is 0 Å². The van der Waals surface area contributed by atoms with Gasteiger partial charge in [-0.15, -0.1) is 0 Å². The zero-order chi connectivity index (χ0) is 23.1. The number of phenolic OH excluding ortho intramolecular Hbond substituents is 1. The van der Waals surface area contributed by atoms with Crippen LogP contribution in [0.2, 0.25) is 0 Å². The molecule has 0 aliphatic carbocycles. The number of ether oxygens (including phenoxy) is 2. The summed E-state index contributed by atoms with van der Waals surface area (Å²) in [7, 11) is 3.65. The molecule has 2 amide bonds. The van der Waals surface area contributed by atoms with E-state index in [1.54, 1.807) is 31.2 Å². The van der Waals surface area contributed by atoms with Crippen LogP contribution in [0.1, 0.15) is 24.5 Å². The molecule has 2 atom stereocenters. The van der Waals surface area contributed by atoms with Crippen molar-refractivity contribution < 1.29 is 24.2 Å². The number of phenols is 1. The number of likely N-dealkylation sites (N-methyl/N-ethyl adjacent to an activating group) is 1. The van der Waals surface area contributed by atoms with Crippen LogP contribution in [0.15, 0.2) is 42.5 Å². The second kappa shape index (κ2) is 10.9. The zero-order valence-corrected chi connectivity index (χ0v) is 18.8. The fourth-order valence-corrected chi connectivity index (χ4v) is 3.49. The SMILES string of the molecule is C[C@@H](NC(=O)C(Cc1ccc(O)cc1)N(C)C)C(=O)NCCCc1ccc2c(c1)OCO2. The highest BCUT2D eigenvalue weighted by atomic mass is 16.7. The highest BCUT2D eigenvalue weighted by molar-refractivity contribution is 5.89. The monoisotopic (exact) mass is 441 g/mol. The summed E-state index contributed by atoms with van der Waals surface area (Å²) in [6, 6.07) is 11.5. The van der Waals surface area contributed by atoms with Gasteiger partial charge < -0.3 is 25.2 Å². The van der Waals surface area contributed by atoms with Crippen molar-refractivity contribution in [3.63, 3.8) is 0 Å². The lowest BCUT2D eigenvalue weighted by atomic mass is 10.0. The molecule has 8 nitrogen and oxygen atoms in total. The quantitative estimate of drug-likeness (QED) is 0.487. The Morgan fingerprint density at radius 1 is 1.03 bits per heavy atom. The number of aryl methyl sites for hydroxylation is 1. The first-order valence-corrected chi connectivity index (χ1v) is 10.7. The molecular formula is C24H31N3O5. The molecule has 0 radical (unpaired) electrons. The van der Waals surface area contributed by atoms with E-state index >= 15 is 0 Å². The van der Waals surface area contributed by atoms with Gasteiger partial charge in [0.25, 0.3) is 0 Å². The molecule has 1 aliphatic rings. The van der Waals surface area contributed by atoms with Gasteiger partial charge in [-0.3, -0.25) is 14.5 Å². The molecule has 2 aromatic rings. The van der Waals surface area contributed by atoms with Gasteiger partial charge in [-0.05, 0) is 75.7 Å². The van der Waals surface area contributed by atoms with E-state index in [9.17, 15) is 14.7 Å². The number of hydrogen-bond acceptors (Lipinski definition) is 6. The number of hydrogen-bond donors (Lipinski definition) is 3. The number of rotatable bonds is 10. The Kier molecular flexibility index (Phi) is 7.94. The first-order valence-electron chi connectivity index (χ1n) is 10.7. The number of fused-ring (bicyclic) bond motifs is 1. The third-order valence-electron chi connectivity index (χ3n) is 5.42. The lowest BCUT2D eigenvalue weighted by Crippen LogP contribution is -2.52. The maximum absolute atomic E-state index is 12.8. The number of aromatic hydroxyl groups is 1. The highest BCUT2D eigenvalue weighted by Gasteiger charge is 2.24.